The van der Waals surface area contributed by atoms with Crippen molar-refractivity contribution in [2.75, 3.05) is 18.2 Å². The first kappa shape index (κ1) is 19.0. The fourth-order valence-electron chi connectivity index (χ4n) is 1.62. The van der Waals surface area contributed by atoms with Crippen LogP contribution in [0.2, 0.25) is 0 Å². The van der Waals surface area contributed by atoms with Gasteiger partial charge >= 0.3 is 5.97 Å². The molecule has 2 N–H and O–H groups in total. The van der Waals surface area contributed by atoms with Crippen LogP contribution in [0.5, 0.6) is 0 Å². The summed E-state index contributed by atoms with van der Waals surface area (Å²) in [5.41, 5.74) is -1.11. The van der Waals surface area contributed by atoms with E-state index in [1.807, 2.05) is 0 Å². The number of ether oxygens (including phenoxy) is 1. The van der Waals surface area contributed by atoms with E-state index in [0.29, 0.717) is 11.6 Å². The smallest absolute Gasteiger partial charge is 0.330 e. The van der Waals surface area contributed by atoms with Gasteiger partial charge in [-0.2, -0.15) is 0 Å². The number of thioether (sulfide) groups is 1. The summed E-state index contributed by atoms with van der Waals surface area (Å²) in [6.45, 7) is 6.48. The molecule has 9 heteroatoms. The van der Waals surface area contributed by atoms with E-state index in [9.17, 15) is 14.4 Å². The molecule has 0 aliphatic heterocycles. The molecular weight excluding hydrogens is 322 g/mol. The molecule has 0 aromatic carbocycles. The maximum absolute atomic E-state index is 12.0. The minimum atomic E-state index is -1.11. The molecule has 0 aliphatic carbocycles. The number of anilines is 1. The summed E-state index contributed by atoms with van der Waals surface area (Å²) in [6.07, 6.45) is 0. The Balaban J connectivity index is 2.42. The van der Waals surface area contributed by atoms with Crippen molar-refractivity contribution in [3.8, 4) is 0 Å². The molecule has 8 nitrogen and oxygen atoms in total. The van der Waals surface area contributed by atoms with Crippen molar-refractivity contribution in [3.63, 3.8) is 0 Å². The number of nitrogens with one attached hydrogen (secondary N) is 2. The molecule has 1 heterocycles. The third kappa shape index (κ3) is 5.93. The van der Waals surface area contributed by atoms with Gasteiger partial charge in [-0.05, 0) is 27.7 Å². The van der Waals surface area contributed by atoms with E-state index in [2.05, 4.69) is 20.5 Å². The minimum absolute atomic E-state index is 0.0346. The molecule has 0 spiro atoms. The molecule has 1 rings (SSSR count). The number of carbonyl (C=O) groups is 3. The van der Waals surface area contributed by atoms with Crippen LogP contribution >= 0.6 is 11.8 Å². The van der Waals surface area contributed by atoms with Gasteiger partial charge in [0.2, 0.25) is 11.8 Å². The van der Waals surface area contributed by atoms with Crippen molar-refractivity contribution in [2.24, 2.45) is 0 Å². The normalized spacial score (nSPS) is 12.4. The summed E-state index contributed by atoms with van der Waals surface area (Å²) in [5, 5.41) is 8.34. The Labute approximate surface area is 138 Å². The Morgan fingerprint density at radius 3 is 2.61 bits per heavy atom. The fraction of sp³-hybridized carbons (Fsp3) is 0.571. The van der Waals surface area contributed by atoms with Crippen LogP contribution in [-0.4, -0.2) is 46.6 Å². The Morgan fingerprint density at radius 2 is 2.09 bits per heavy atom. The van der Waals surface area contributed by atoms with E-state index in [1.54, 1.807) is 33.8 Å². The van der Waals surface area contributed by atoms with Gasteiger partial charge in [0.05, 0.1) is 18.1 Å². The average molecular weight is 343 g/mol. The van der Waals surface area contributed by atoms with Crippen LogP contribution in [-0.2, 0) is 19.1 Å². The molecule has 0 aliphatic rings. The van der Waals surface area contributed by atoms with Crippen LogP contribution < -0.4 is 10.6 Å². The molecule has 1 aromatic heterocycles. The van der Waals surface area contributed by atoms with Crippen LogP contribution in [0.1, 0.15) is 26.5 Å². The monoisotopic (exact) mass is 343 g/mol. The van der Waals surface area contributed by atoms with E-state index < -0.39 is 16.8 Å². The summed E-state index contributed by atoms with van der Waals surface area (Å²) in [6, 6.07) is 1.60. The van der Waals surface area contributed by atoms with Gasteiger partial charge in [0.15, 0.2) is 5.82 Å². The van der Waals surface area contributed by atoms with Crippen LogP contribution in [0, 0.1) is 6.92 Å². The maximum atomic E-state index is 12.0. The van der Waals surface area contributed by atoms with Crippen molar-refractivity contribution in [3.05, 3.63) is 11.8 Å². The molecule has 1 atom stereocenters. The molecule has 2 amide bonds. The maximum Gasteiger partial charge on any atom is 0.330 e. The highest BCUT2D eigenvalue weighted by Gasteiger charge is 2.30. The summed E-state index contributed by atoms with van der Waals surface area (Å²) >= 11 is 1.14. The number of aryl methyl sites for hydroxylation is 1. The van der Waals surface area contributed by atoms with Gasteiger partial charge in [-0.15, -0.1) is 11.8 Å². The van der Waals surface area contributed by atoms with E-state index in [4.69, 9.17) is 4.52 Å². The number of amides is 2. The molecule has 0 saturated carbocycles. The Morgan fingerprint density at radius 1 is 1.43 bits per heavy atom. The zero-order valence-corrected chi connectivity index (χ0v) is 14.6. The Hall–Kier alpha value is -2.03. The molecular formula is C14H21N3O5S. The van der Waals surface area contributed by atoms with Gasteiger partial charge in [-0.3, -0.25) is 9.59 Å². The Kier molecular flexibility index (Phi) is 6.62. The van der Waals surface area contributed by atoms with E-state index in [0.717, 1.165) is 11.8 Å². The van der Waals surface area contributed by atoms with Crippen LogP contribution in [0.15, 0.2) is 10.6 Å². The van der Waals surface area contributed by atoms with Gasteiger partial charge in [0, 0.05) is 6.07 Å². The molecule has 0 fully saturated rings. The topological polar surface area (TPSA) is 111 Å². The second-order valence-electron chi connectivity index (χ2n) is 5.43. The van der Waals surface area contributed by atoms with Crippen LogP contribution in [0.25, 0.3) is 0 Å². The zero-order valence-electron chi connectivity index (χ0n) is 13.8. The van der Waals surface area contributed by atoms with Crippen molar-refractivity contribution in [1.29, 1.82) is 0 Å². The lowest BCUT2D eigenvalue weighted by atomic mass is 10.1. The highest BCUT2D eigenvalue weighted by Crippen LogP contribution is 2.15. The number of hydrogen-bond acceptors (Lipinski definition) is 7. The summed E-state index contributed by atoms with van der Waals surface area (Å²) in [7, 11) is 1.25. The largest absolute Gasteiger partial charge is 0.467 e. The van der Waals surface area contributed by atoms with Crippen molar-refractivity contribution in [1.82, 2.24) is 10.5 Å². The third-order valence-electron chi connectivity index (χ3n) is 2.86. The number of aromatic nitrogens is 1. The third-order valence-corrected chi connectivity index (χ3v) is 4.00. The van der Waals surface area contributed by atoms with Crippen molar-refractivity contribution in [2.45, 2.75) is 38.5 Å². The van der Waals surface area contributed by atoms with Crippen molar-refractivity contribution < 1.29 is 23.6 Å². The standard InChI is InChI=1S/C14H21N3O5S/c1-8-6-10(17-22-8)15-12(19)9(2)23-7-11(18)16-14(3,4)13(20)21-5/h6,9H,7H2,1-5H3,(H,16,18)(H,15,17,19). The first-order valence-electron chi connectivity index (χ1n) is 6.91. The molecule has 1 aromatic rings. The molecule has 0 saturated heterocycles. The summed E-state index contributed by atoms with van der Waals surface area (Å²) in [5.74, 6) is -0.234. The van der Waals surface area contributed by atoms with Crippen LogP contribution in [0.3, 0.4) is 0 Å². The number of rotatable bonds is 7. The van der Waals surface area contributed by atoms with E-state index in [1.165, 1.54) is 7.11 Å². The highest BCUT2D eigenvalue weighted by atomic mass is 32.2. The zero-order chi connectivity index (χ0) is 17.6. The van der Waals surface area contributed by atoms with Gasteiger partial charge in [0.25, 0.3) is 0 Å². The number of carbonyl (C=O) groups excluding carboxylic acids is 3. The number of nitrogens with zero attached hydrogens (tertiary/aromatic N) is 1. The average Bonchev–Trinajstić information content (AvgIpc) is 2.88. The number of hydrogen-bond donors (Lipinski definition) is 2. The minimum Gasteiger partial charge on any atom is -0.467 e. The van der Waals surface area contributed by atoms with Crippen LogP contribution in [0.4, 0.5) is 5.82 Å². The molecule has 1 unspecified atom stereocenters. The fourth-order valence-corrected chi connectivity index (χ4v) is 2.30. The lowest BCUT2D eigenvalue weighted by Gasteiger charge is -2.23. The summed E-state index contributed by atoms with van der Waals surface area (Å²) < 4.78 is 9.46. The lowest BCUT2D eigenvalue weighted by molar-refractivity contribution is -0.149. The first-order valence-corrected chi connectivity index (χ1v) is 7.96. The van der Waals surface area contributed by atoms with E-state index >= 15 is 0 Å². The number of esters is 1. The SMILES string of the molecule is COC(=O)C(C)(C)NC(=O)CSC(C)C(=O)Nc1cc(C)on1. The van der Waals surface area contributed by atoms with Gasteiger partial charge in [-0.25, -0.2) is 4.79 Å². The van der Waals surface area contributed by atoms with Gasteiger partial charge in [0.1, 0.15) is 11.3 Å². The highest BCUT2D eigenvalue weighted by molar-refractivity contribution is 8.01. The second-order valence-corrected chi connectivity index (χ2v) is 6.76. The molecule has 23 heavy (non-hydrogen) atoms. The molecule has 128 valence electrons. The van der Waals surface area contributed by atoms with Gasteiger partial charge in [-0.1, -0.05) is 5.16 Å². The lowest BCUT2D eigenvalue weighted by Crippen LogP contribution is -2.51. The quantitative estimate of drug-likeness (QED) is 0.713. The molecule has 0 bridgehead atoms. The predicted octanol–water partition coefficient (Wildman–Crippen LogP) is 1.11. The van der Waals surface area contributed by atoms with E-state index in [-0.39, 0.29) is 17.6 Å². The second kappa shape index (κ2) is 8.00. The first-order chi connectivity index (χ1) is 10.7. The summed E-state index contributed by atoms with van der Waals surface area (Å²) in [4.78, 5) is 35.3. The van der Waals surface area contributed by atoms with Gasteiger partial charge < -0.3 is 19.9 Å². The predicted molar refractivity (Wildman–Crippen MR) is 86.0 cm³/mol. The Bertz CT molecular complexity index is 585. The van der Waals surface area contributed by atoms with Crippen molar-refractivity contribution >= 4 is 35.4 Å². The molecule has 0 radical (unpaired) electrons. The number of methoxy groups -OCH3 is 1.